The molecule has 0 saturated carbocycles. The monoisotopic (exact) mass is 391 g/mol. The first-order chi connectivity index (χ1) is 14.0. The van der Waals surface area contributed by atoms with Gasteiger partial charge in [0.25, 0.3) is 11.8 Å². The molecule has 0 spiro atoms. The summed E-state index contributed by atoms with van der Waals surface area (Å²) in [6.07, 6.45) is 2.59. The number of anilines is 1. The number of hydrogen-bond donors (Lipinski definition) is 1. The van der Waals surface area contributed by atoms with Crippen LogP contribution in [0.5, 0.6) is 0 Å². The molecule has 0 fully saturated rings. The molecule has 2 amide bonds. The summed E-state index contributed by atoms with van der Waals surface area (Å²) in [7, 11) is 3.90. The Bertz CT molecular complexity index is 1070. The van der Waals surface area contributed by atoms with Gasteiger partial charge >= 0.3 is 0 Å². The first kappa shape index (κ1) is 19.1. The Hall–Kier alpha value is -3.19. The average Bonchev–Trinajstić information content (AvgIpc) is 3.24. The van der Waals surface area contributed by atoms with E-state index in [-0.39, 0.29) is 29.4 Å². The maximum absolute atomic E-state index is 13.5. The predicted molar refractivity (Wildman–Crippen MR) is 112 cm³/mol. The summed E-state index contributed by atoms with van der Waals surface area (Å²) in [5.74, 6) is -0.220. The average molecular weight is 391 g/mol. The second kappa shape index (κ2) is 7.67. The highest BCUT2D eigenvalue weighted by molar-refractivity contribution is 6.08. The lowest BCUT2D eigenvalue weighted by Gasteiger charge is -2.21. The third-order valence-corrected chi connectivity index (χ3v) is 5.23. The van der Waals surface area contributed by atoms with Crippen molar-refractivity contribution in [2.75, 3.05) is 32.1 Å². The zero-order chi connectivity index (χ0) is 20.5. The van der Waals surface area contributed by atoms with E-state index in [0.29, 0.717) is 12.1 Å². The van der Waals surface area contributed by atoms with Crippen LogP contribution in [-0.2, 0) is 6.42 Å². The van der Waals surface area contributed by atoms with E-state index in [1.807, 2.05) is 68.4 Å². The number of para-hydroxylation sites is 1. The van der Waals surface area contributed by atoms with Gasteiger partial charge in [-0.3, -0.25) is 14.0 Å². The number of aromatic nitrogens is 2. The quantitative estimate of drug-likeness (QED) is 0.724. The predicted octanol–water partition coefficient (Wildman–Crippen LogP) is 2.22. The number of carbonyl (C=O) groups excluding carboxylic acids is 2. The molecule has 1 aromatic carbocycles. The van der Waals surface area contributed by atoms with Crippen molar-refractivity contribution in [2.45, 2.75) is 19.4 Å². The van der Waals surface area contributed by atoms with E-state index >= 15 is 0 Å². The maximum Gasteiger partial charge on any atom is 0.294 e. The molecule has 0 radical (unpaired) electrons. The van der Waals surface area contributed by atoms with Crippen LogP contribution >= 0.6 is 0 Å². The zero-order valence-corrected chi connectivity index (χ0v) is 16.9. The van der Waals surface area contributed by atoms with Crippen molar-refractivity contribution in [3.63, 3.8) is 0 Å². The molecule has 150 valence electrons. The number of fused-ring (bicyclic) bond motifs is 2. The number of amides is 2. The first-order valence-electron chi connectivity index (χ1n) is 9.79. The van der Waals surface area contributed by atoms with Gasteiger partial charge in [-0.1, -0.05) is 24.3 Å². The summed E-state index contributed by atoms with van der Waals surface area (Å²) in [5.41, 5.74) is 2.96. The van der Waals surface area contributed by atoms with Gasteiger partial charge in [0.1, 0.15) is 0 Å². The van der Waals surface area contributed by atoms with Crippen LogP contribution in [0, 0.1) is 0 Å². The Morgan fingerprint density at radius 2 is 1.93 bits per heavy atom. The summed E-state index contributed by atoms with van der Waals surface area (Å²) in [6.45, 7) is 3.27. The fourth-order valence-electron chi connectivity index (χ4n) is 3.82. The Morgan fingerprint density at radius 3 is 2.72 bits per heavy atom. The van der Waals surface area contributed by atoms with Crippen molar-refractivity contribution in [1.82, 2.24) is 19.6 Å². The summed E-state index contributed by atoms with van der Waals surface area (Å²) in [4.78, 5) is 34.5. The summed E-state index contributed by atoms with van der Waals surface area (Å²) >= 11 is 0. The molecular formula is C22H25N5O2. The van der Waals surface area contributed by atoms with E-state index in [2.05, 4.69) is 10.3 Å². The van der Waals surface area contributed by atoms with Gasteiger partial charge in [0.2, 0.25) is 5.82 Å². The number of rotatable bonds is 5. The first-order valence-corrected chi connectivity index (χ1v) is 9.79. The van der Waals surface area contributed by atoms with Crippen molar-refractivity contribution in [1.29, 1.82) is 0 Å². The van der Waals surface area contributed by atoms with Crippen molar-refractivity contribution < 1.29 is 9.59 Å². The van der Waals surface area contributed by atoms with Gasteiger partial charge in [-0.2, -0.15) is 0 Å². The van der Waals surface area contributed by atoms with Gasteiger partial charge < -0.3 is 15.1 Å². The van der Waals surface area contributed by atoms with Crippen molar-refractivity contribution in [3.8, 4) is 0 Å². The van der Waals surface area contributed by atoms with Gasteiger partial charge in [0, 0.05) is 31.0 Å². The molecule has 1 aliphatic heterocycles. The van der Waals surface area contributed by atoms with Crippen molar-refractivity contribution >= 4 is 23.0 Å². The highest BCUT2D eigenvalue weighted by atomic mass is 16.2. The van der Waals surface area contributed by atoms with E-state index in [0.717, 1.165) is 24.2 Å². The third kappa shape index (κ3) is 3.49. The van der Waals surface area contributed by atoms with Gasteiger partial charge in [0.15, 0.2) is 5.69 Å². The Balaban J connectivity index is 1.70. The molecule has 1 atom stereocenters. The Morgan fingerprint density at radius 1 is 1.17 bits per heavy atom. The molecule has 2 aromatic heterocycles. The lowest BCUT2D eigenvalue weighted by molar-refractivity contribution is 0.0948. The number of pyridine rings is 1. The SMILES string of the molecule is CC1Cc2ccccc2N1C(=O)c1nc(C(=O)NCCN(C)C)c2ccccn12. The highest BCUT2D eigenvalue weighted by Gasteiger charge is 2.34. The van der Waals surface area contributed by atoms with E-state index < -0.39 is 0 Å². The van der Waals surface area contributed by atoms with Crippen LogP contribution in [0.4, 0.5) is 5.69 Å². The minimum atomic E-state index is -0.274. The van der Waals surface area contributed by atoms with Crippen LogP contribution in [0.15, 0.2) is 48.7 Å². The number of benzene rings is 1. The molecule has 0 saturated heterocycles. The summed E-state index contributed by atoms with van der Waals surface area (Å²) < 4.78 is 1.71. The van der Waals surface area contributed by atoms with E-state index in [4.69, 9.17) is 0 Å². The van der Waals surface area contributed by atoms with Crippen LogP contribution in [0.2, 0.25) is 0 Å². The lowest BCUT2D eigenvalue weighted by Crippen LogP contribution is -2.37. The highest BCUT2D eigenvalue weighted by Crippen LogP contribution is 2.33. The number of imidazole rings is 1. The largest absolute Gasteiger partial charge is 0.349 e. The minimum absolute atomic E-state index is 0.0355. The molecule has 0 aliphatic carbocycles. The zero-order valence-electron chi connectivity index (χ0n) is 16.9. The van der Waals surface area contributed by atoms with Gasteiger partial charge in [-0.25, -0.2) is 4.98 Å². The molecule has 3 aromatic rings. The Kier molecular flexibility index (Phi) is 5.07. The third-order valence-electron chi connectivity index (χ3n) is 5.23. The van der Waals surface area contributed by atoms with E-state index in [1.165, 1.54) is 0 Å². The number of nitrogens with one attached hydrogen (secondary N) is 1. The fourth-order valence-corrected chi connectivity index (χ4v) is 3.82. The van der Waals surface area contributed by atoms with E-state index in [1.54, 1.807) is 15.5 Å². The molecule has 1 unspecified atom stereocenters. The molecule has 29 heavy (non-hydrogen) atoms. The van der Waals surface area contributed by atoms with Crippen LogP contribution < -0.4 is 10.2 Å². The lowest BCUT2D eigenvalue weighted by atomic mass is 10.1. The topological polar surface area (TPSA) is 70.0 Å². The second-order valence-electron chi connectivity index (χ2n) is 7.66. The normalized spacial score (nSPS) is 15.7. The molecule has 7 nitrogen and oxygen atoms in total. The molecule has 3 heterocycles. The standard InChI is InChI=1S/C22H25N5O2/c1-15-14-16-8-4-5-9-17(16)27(15)22(29)20-24-19(18-10-6-7-12-26(18)20)21(28)23-11-13-25(2)3/h4-10,12,15H,11,13-14H2,1-3H3,(H,23,28). The number of nitrogens with zero attached hydrogens (tertiary/aromatic N) is 4. The van der Waals surface area contributed by atoms with Crippen molar-refractivity contribution in [2.24, 2.45) is 0 Å². The Labute approximate surface area is 169 Å². The molecule has 1 N–H and O–H groups in total. The van der Waals surface area contributed by atoms with Gasteiger partial charge in [-0.05, 0) is 51.2 Å². The number of hydrogen-bond acceptors (Lipinski definition) is 4. The number of carbonyl (C=O) groups is 2. The maximum atomic E-state index is 13.5. The molecule has 1 aliphatic rings. The fraction of sp³-hybridized carbons (Fsp3) is 0.318. The van der Waals surface area contributed by atoms with Crippen LogP contribution in [0.1, 0.15) is 33.6 Å². The molecule has 4 rings (SSSR count). The summed E-state index contributed by atoms with van der Waals surface area (Å²) in [5, 5.41) is 2.89. The summed E-state index contributed by atoms with van der Waals surface area (Å²) in [6, 6.07) is 13.5. The van der Waals surface area contributed by atoms with Crippen molar-refractivity contribution in [3.05, 3.63) is 65.7 Å². The van der Waals surface area contributed by atoms with Crippen LogP contribution in [0.25, 0.3) is 5.52 Å². The molecular weight excluding hydrogens is 366 g/mol. The van der Waals surface area contributed by atoms with Gasteiger partial charge in [0.05, 0.1) is 5.52 Å². The minimum Gasteiger partial charge on any atom is -0.349 e. The van der Waals surface area contributed by atoms with Crippen LogP contribution in [0.3, 0.4) is 0 Å². The second-order valence-corrected chi connectivity index (χ2v) is 7.66. The van der Waals surface area contributed by atoms with Crippen LogP contribution in [-0.4, -0.2) is 59.3 Å². The smallest absolute Gasteiger partial charge is 0.294 e. The number of likely N-dealkylation sites (N-methyl/N-ethyl adjacent to an activating group) is 1. The van der Waals surface area contributed by atoms with Gasteiger partial charge in [-0.15, -0.1) is 0 Å². The molecule has 7 heteroatoms. The van der Waals surface area contributed by atoms with E-state index in [9.17, 15) is 9.59 Å². The molecule has 0 bridgehead atoms.